The molecule has 0 bridgehead atoms. The molecule has 1 aromatic carbocycles. The van der Waals surface area contributed by atoms with E-state index in [1.807, 2.05) is 30.3 Å². The number of benzene rings is 1. The Hall–Kier alpha value is -1.52. The lowest BCUT2D eigenvalue weighted by Crippen LogP contribution is -2.10. The van der Waals surface area contributed by atoms with Crippen molar-refractivity contribution in [3.8, 4) is 11.4 Å². The Morgan fingerprint density at radius 2 is 2.06 bits per heavy atom. The highest BCUT2D eigenvalue weighted by Crippen LogP contribution is 2.48. The lowest BCUT2D eigenvalue weighted by molar-refractivity contribution is 0.581. The predicted molar refractivity (Wildman–Crippen MR) is 71.6 cm³/mol. The predicted octanol–water partition coefficient (Wildman–Crippen LogP) is 2.35. The lowest BCUT2D eigenvalue weighted by Gasteiger charge is -2.11. The van der Waals surface area contributed by atoms with Crippen molar-refractivity contribution < 1.29 is 4.57 Å². The van der Waals surface area contributed by atoms with Crippen molar-refractivity contribution in [3.63, 3.8) is 0 Å². The van der Waals surface area contributed by atoms with Crippen LogP contribution in [0.2, 0.25) is 0 Å². The largest absolute Gasteiger partial charge is 0.286 e. The van der Waals surface area contributed by atoms with Crippen LogP contribution in [0.5, 0.6) is 0 Å². The Morgan fingerprint density at radius 1 is 1.28 bits per heavy atom. The van der Waals surface area contributed by atoms with E-state index in [2.05, 4.69) is 20.5 Å². The van der Waals surface area contributed by atoms with Crippen LogP contribution in [-0.4, -0.2) is 26.9 Å². The molecular formula is C10H11ClN5OP. The topological polar surface area (TPSA) is 71.8 Å². The first-order valence-electron chi connectivity index (χ1n) is 5.44. The molecule has 6 nitrogen and oxygen atoms in total. The lowest BCUT2D eigenvalue weighted by atomic mass is 10.2. The monoisotopic (exact) mass is 283 g/mol. The fourth-order valence-electron chi connectivity index (χ4n) is 1.80. The Morgan fingerprint density at radius 3 is 2.78 bits per heavy atom. The molecule has 3 rings (SSSR count). The van der Waals surface area contributed by atoms with Gasteiger partial charge in [0.1, 0.15) is 0 Å². The highest BCUT2D eigenvalue weighted by molar-refractivity contribution is 7.66. The van der Waals surface area contributed by atoms with Gasteiger partial charge in [-0.05, 0) is 0 Å². The maximum atomic E-state index is 12.3. The third-order valence-corrected chi connectivity index (χ3v) is 5.03. The highest BCUT2D eigenvalue weighted by atomic mass is 35.5. The van der Waals surface area contributed by atoms with E-state index in [0.717, 1.165) is 5.56 Å². The van der Waals surface area contributed by atoms with Crippen molar-refractivity contribution in [2.24, 2.45) is 0 Å². The maximum Gasteiger partial charge on any atom is 0.275 e. The second-order valence-electron chi connectivity index (χ2n) is 3.91. The molecule has 1 atom stereocenters. The first-order chi connectivity index (χ1) is 8.72. The molecule has 94 valence electrons. The Balaban J connectivity index is 1.98. The van der Waals surface area contributed by atoms with Gasteiger partial charge >= 0.3 is 0 Å². The number of nitrogens with one attached hydrogen (secondary N) is 2. The van der Waals surface area contributed by atoms with Crippen molar-refractivity contribution in [1.82, 2.24) is 14.9 Å². The minimum absolute atomic E-state index is 0.316. The zero-order chi connectivity index (χ0) is 12.6. The summed E-state index contributed by atoms with van der Waals surface area (Å²) < 4.78 is 13.9. The summed E-state index contributed by atoms with van der Waals surface area (Å²) in [5, 5.41) is 13.8. The average Bonchev–Trinajstić information content (AvgIpc) is 2.87. The van der Waals surface area contributed by atoms with Gasteiger partial charge in [0.15, 0.2) is 5.82 Å². The van der Waals surface area contributed by atoms with E-state index in [9.17, 15) is 4.57 Å². The molecule has 1 aliphatic heterocycles. The van der Waals surface area contributed by atoms with Gasteiger partial charge in [-0.1, -0.05) is 30.3 Å². The van der Waals surface area contributed by atoms with Gasteiger partial charge in [0, 0.05) is 11.4 Å². The van der Waals surface area contributed by atoms with E-state index < -0.39 is 7.44 Å². The van der Waals surface area contributed by atoms with Crippen LogP contribution < -0.4 is 10.3 Å². The molecular weight excluding hydrogens is 273 g/mol. The van der Waals surface area contributed by atoms with Crippen molar-refractivity contribution in [1.29, 1.82) is 0 Å². The molecule has 0 saturated carbocycles. The summed E-state index contributed by atoms with van der Waals surface area (Å²) in [7, 11) is -2.72. The van der Waals surface area contributed by atoms with Gasteiger partial charge in [-0.3, -0.25) is 14.8 Å². The van der Waals surface area contributed by atoms with E-state index in [0.29, 0.717) is 23.8 Å². The minimum Gasteiger partial charge on any atom is -0.286 e. The molecule has 0 fully saturated rings. The molecule has 0 amide bonds. The zero-order valence-corrected chi connectivity index (χ0v) is 11.0. The van der Waals surface area contributed by atoms with Gasteiger partial charge in [0.25, 0.3) is 13.4 Å². The molecule has 2 N–H and O–H groups in total. The summed E-state index contributed by atoms with van der Waals surface area (Å²) in [6.45, 7) is 0. The van der Waals surface area contributed by atoms with Crippen LogP contribution in [0.3, 0.4) is 0 Å². The van der Waals surface area contributed by atoms with E-state index in [-0.39, 0.29) is 0 Å². The number of hydrogen-bond donors (Lipinski definition) is 2. The van der Waals surface area contributed by atoms with E-state index >= 15 is 0 Å². The van der Waals surface area contributed by atoms with Gasteiger partial charge in [-0.25, -0.2) is 0 Å². The van der Waals surface area contributed by atoms with Gasteiger partial charge in [-0.15, -0.1) is 21.8 Å². The summed E-state index contributed by atoms with van der Waals surface area (Å²) in [4.78, 5) is 0. The van der Waals surface area contributed by atoms with Crippen molar-refractivity contribution in [2.45, 2.75) is 0 Å². The molecule has 0 radical (unpaired) electrons. The van der Waals surface area contributed by atoms with E-state index in [1.165, 1.54) is 0 Å². The van der Waals surface area contributed by atoms with Crippen molar-refractivity contribution >= 4 is 25.0 Å². The summed E-state index contributed by atoms with van der Waals surface area (Å²) >= 11 is 5.64. The summed E-state index contributed by atoms with van der Waals surface area (Å²) in [6.07, 6.45) is 0.353. The molecule has 0 aliphatic carbocycles. The van der Waals surface area contributed by atoms with Crippen LogP contribution in [-0.2, 0) is 4.57 Å². The number of aromatic nitrogens is 3. The van der Waals surface area contributed by atoms with Gasteiger partial charge in [-0.2, -0.15) is 4.68 Å². The van der Waals surface area contributed by atoms with Gasteiger partial charge in [0.05, 0.1) is 6.16 Å². The quantitative estimate of drug-likeness (QED) is 0.668. The molecule has 1 unspecified atom stereocenters. The number of hydrogen-bond acceptors (Lipinski definition) is 3. The first-order valence-corrected chi connectivity index (χ1v) is 7.87. The highest BCUT2D eigenvalue weighted by Gasteiger charge is 2.33. The van der Waals surface area contributed by atoms with Crippen LogP contribution in [0.1, 0.15) is 0 Å². The number of halogens is 1. The Labute approximate surface area is 109 Å². The number of alkyl halides is 1. The van der Waals surface area contributed by atoms with Crippen molar-refractivity contribution in [2.75, 3.05) is 22.3 Å². The number of rotatable bonds is 3. The third-order valence-electron chi connectivity index (χ3n) is 2.64. The van der Waals surface area contributed by atoms with E-state index in [4.69, 9.17) is 11.6 Å². The normalized spacial score (nSPS) is 21.2. The fraction of sp³-hybridized carbons (Fsp3) is 0.200. The molecule has 1 aliphatic rings. The molecule has 0 spiro atoms. The molecule has 2 heterocycles. The van der Waals surface area contributed by atoms with Crippen LogP contribution >= 0.6 is 19.0 Å². The number of nitrogens with zero attached hydrogens (tertiary/aromatic N) is 3. The molecule has 2 aromatic rings. The zero-order valence-electron chi connectivity index (χ0n) is 9.38. The second kappa shape index (κ2) is 4.30. The van der Waals surface area contributed by atoms with Crippen LogP contribution in [0.15, 0.2) is 30.3 Å². The standard InChI is InChI=1S/C10H11ClN5OP/c11-6-7-18(17)14-10-13-12-9(16(10)15-18)8-4-2-1-3-5-8/h1-5H,6-7H2,(H2,13,14,15,17). The van der Waals surface area contributed by atoms with Gasteiger partial charge < -0.3 is 0 Å². The SMILES string of the molecule is O=P1(CCCl)Nc2nnc(-c3ccccc3)n2N1. The fourth-order valence-corrected chi connectivity index (χ4v) is 3.99. The van der Waals surface area contributed by atoms with Gasteiger partial charge in [0.2, 0.25) is 0 Å². The molecule has 1 aromatic heterocycles. The minimum atomic E-state index is -2.72. The van der Waals surface area contributed by atoms with Crippen molar-refractivity contribution in [3.05, 3.63) is 30.3 Å². The second-order valence-corrected chi connectivity index (χ2v) is 6.64. The van der Waals surface area contributed by atoms with E-state index in [1.54, 1.807) is 4.68 Å². The smallest absolute Gasteiger partial charge is 0.275 e. The summed E-state index contributed by atoms with van der Waals surface area (Å²) in [6, 6.07) is 9.60. The molecule has 0 saturated heterocycles. The Bertz CT molecular complexity index is 614. The van der Waals surface area contributed by atoms with Crippen LogP contribution in [0, 0.1) is 0 Å². The van der Waals surface area contributed by atoms with Crippen LogP contribution in [0.25, 0.3) is 11.4 Å². The molecule has 8 heteroatoms. The molecule has 18 heavy (non-hydrogen) atoms. The summed E-state index contributed by atoms with van der Waals surface area (Å²) in [5.41, 5.74) is 0.907. The Kier molecular flexibility index (Phi) is 2.76. The van der Waals surface area contributed by atoms with Crippen LogP contribution in [0.4, 0.5) is 5.95 Å². The third kappa shape index (κ3) is 1.87. The average molecular weight is 284 g/mol. The number of fused-ring (bicyclic) bond motifs is 1. The number of anilines is 1. The maximum absolute atomic E-state index is 12.3. The summed E-state index contributed by atoms with van der Waals surface area (Å²) in [5.74, 6) is 1.41. The first kappa shape index (κ1) is 11.6.